The summed E-state index contributed by atoms with van der Waals surface area (Å²) < 4.78 is 13.5. The van der Waals surface area contributed by atoms with E-state index in [1.165, 1.54) is 6.07 Å². The molecule has 1 saturated heterocycles. The Labute approximate surface area is 117 Å². The summed E-state index contributed by atoms with van der Waals surface area (Å²) in [6.07, 6.45) is 0. The lowest BCUT2D eigenvalue weighted by atomic mass is 10.0. The molecular formula is C13H18ClFN2S. The van der Waals surface area contributed by atoms with Gasteiger partial charge in [0.05, 0.1) is 5.02 Å². The van der Waals surface area contributed by atoms with Crippen LogP contribution in [0.2, 0.25) is 5.02 Å². The molecule has 2 atom stereocenters. The first-order valence-corrected chi connectivity index (χ1v) is 7.55. The van der Waals surface area contributed by atoms with E-state index < -0.39 is 0 Å². The summed E-state index contributed by atoms with van der Waals surface area (Å²) in [5.74, 6) is 0.736. The third-order valence-corrected chi connectivity index (χ3v) is 4.71. The molecule has 1 aromatic carbocycles. The maximum absolute atomic E-state index is 13.5. The van der Waals surface area contributed by atoms with Gasteiger partial charge in [-0.25, -0.2) is 4.39 Å². The Morgan fingerprint density at radius 2 is 2.39 bits per heavy atom. The molecule has 0 radical (unpaired) electrons. The van der Waals surface area contributed by atoms with E-state index in [0.717, 1.165) is 24.4 Å². The van der Waals surface area contributed by atoms with Crippen LogP contribution in [0.25, 0.3) is 0 Å². The highest BCUT2D eigenvalue weighted by Gasteiger charge is 2.24. The third kappa shape index (κ3) is 3.18. The van der Waals surface area contributed by atoms with Crippen molar-refractivity contribution in [2.24, 2.45) is 5.73 Å². The second-order valence-corrected chi connectivity index (χ2v) is 6.55. The lowest BCUT2D eigenvalue weighted by Crippen LogP contribution is -2.42. The molecule has 18 heavy (non-hydrogen) atoms. The zero-order chi connectivity index (χ0) is 13.1. The summed E-state index contributed by atoms with van der Waals surface area (Å²) in [7, 11) is 0. The lowest BCUT2D eigenvalue weighted by Gasteiger charge is -2.36. The molecule has 0 aromatic heterocycles. The monoisotopic (exact) mass is 288 g/mol. The predicted molar refractivity (Wildman–Crippen MR) is 76.7 cm³/mol. The fourth-order valence-electron chi connectivity index (χ4n) is 2.34. The zero-order valence-corrected chi connectivity index (χ0v) is 12.0. The standard InChI is InChI=1S/C13H18ClFN2S/c1-9-8-17(4-5-18-9)13(7-16)10-2-3-11(14)12(15)6-10/h2-3,6,9,13H,4-5,7-8,16H2,1H3. The molecule has 1 aliphatic rings. The third-order valence-electron chi connectivity index (χ3n) is 3.26. The highest BCUT2D eigenvalue weighted by Crippen LogP contribution is 2.28. The average Bonchev–Trinajstić information content (AvgIpc) is 2.35. The lowest BCUT2D eigenvalue weighted by molar-refractivity contribution is 0.211. The molecule has 2 unspecified atom stereocenters. The van der Waals surface area contributed by atoms with E-state index in [0.29, 0.717) is 11.8 Å². The van der Waals surface area contributed by atoms with E-state index in [2.05, 4.69) is 11.8 Å². The quantitative estimate of drug-likeness (QED) is 0.927. The van der Waals surface area contributed by atoms with Crippen molar-refractivity contribution in [3.63, 3.8) is 0 Å². The van der Waals surface area contributed by atoms with Gasteiger partial charge >= 0.3 is 0 Å². The number of nitrogens with two attached hydrogens (primary N) is 1. The summed E-state index contributed by atoms with van der Waals surface area (Å²) in [5.41, 5.74) is 6.78. The van der Waals surface area contributed by atoms with Gasteiger partial charge in [0.2, 0.25) is 0 Å². The molecule has 1 aliphatic heterocycles. The van der Waals surface area contributed by atoms with Crippen LogP contribution in [0.3, 0.4) is 0 Å². The maximum Gasteiger partial charge on any atom is 0.142 e. The molecule has 0 bridgehead atoms. The number of hydrogen-bond donors (Lipinski definition) is 1. The first kappa shape index (κ1) is 14.1. The van der Waals surface area contributed by atoms with Crippen LogP contribution in [-0.2, 0) is 0 Å². The van der Waals surface area contributed by atoms with Crippen LogP contribution >= 0.6 is 23.4 Å². The van der Waals surface area contributed by atoms with Gasteiger partial charge in [-0.2, -0.15) is 11.8 Å². The zero-order valence-electron chi connectivity index (χ0n) is 10.4. The van der Waals surface area contributed by atoms with E-state index >= 15 is 0 Å². The van der Waals surface area contributed by atoms with Crippen LogP contribution in [0, 0.1) is 5.82 Å². The Morgan fingerprint density at radius 1 is 1.61 bits per heavy atom. The number of benzene rings is 1. The van der Waals surface area contributed by atoms with E-state index in [1.807, 2.05) is 17.8 Å². The Morgan fingerprint density at radius 3 is 3.00 bits per heavy atom. The van der Waals surface area contributed by atoms with Gasteiger partial charge < -0.3 is 5.73 Å². The highest BCUT2D eigenvalue weighted by atomic mass is 35.5. The maximum atomic E-state index is 13.5. The number of nitrogens with zero attached hydrogens (tertiary/aromatic N) is 1. The Bertz CT molecular complexity index is 416. The molecule has 2 N–H and O–H groups in total. The molecule has 100 valence electrons. The Hall–Kier alpha value is -0.290. The van der Waals surface area contributed by atoms with Gasteiger partial charge in [0.15, 0.2) is 0 Å². The van der Waals surface area contributed by atoms with Gasteiger partial charge in [-0.05, 0) is 17.7 Å². The van der Waals surface area contributed by atoms with Crippen molar-refractivity contribution in [2.75, 3.05) is 25.4 Å². The minimum atomic E-state index is -0.368. The second kappa shape index (κ2) is 6.24. The van der Waals surface area contributed by atoms with Crippen molar-refractivity contribution in [2.45, 2.75) is 18.2 Å². The van der Waals surface area contributed by atoms with Crippen molar-refractivity contribution in [3.8, 4) is 0 Å². The van der Waals surface area contributed by atoms with Crippen molar-refractivity contribution in [3.05, 3.63) is 34.6 Å². The minimum absolute atomic E-state index is 0.0834. The van der Waals surface area contributed by atoms with Crippen LogP contribution in [0.15, 0.2) is 18.2 Å². The first-order valence-electron chi connectivity index (χ1n) is 6.12. The van der Waals surface area contributed by atoms with Crippen LogP contribution < -0.4 is 5.73 Å². The summed E-state index contributed by atoms with van der Waals surface area (Å²) in [6, 6.07) is 5.07. The molecule has 0 saturated carbocycles. The van der Waals surface area contributed by atoms with Gasteiger partial charge in [-0.1, -0.05) is 24.6 Å². The van der Waals surface area contributed by atoms with E-state index in [1.54, 1.807) is 6.07 Å². The summed E-state index contributed by atoms with van der Waals surface area (Å²) in [5, 5.41) is 0.766. The van der Waals surface area contributed by atoms with Crippen molar-refractivity contribution in [1.29, 1.82) is 0 Å². The fourth-order valence-corrected chi connectivity index (χ4v) is 3.50. The molecule has 1 aromatic rings. The molecule has 0 aliphatic carbocycles. The molecule has 5 heteroatoms. The smallest absolute Gasteiger partial charge is 0.142 e. The molecule has 1 fully saturated rings. The highest BCUT2D eigenvalue weighted by molar-refractivity contribution is 7.99. The second-order valence-electron chi connectivity index (χ2n) is 4.60. The predicted octanol–water partition coefficient (Wildman–Crippen LogP) is 2.92. The molecule has 0 spiro atoms. The van der Waals surface area contributed by atoms with Gasteiger partial charge in [0.25, 0.3) is 0 Å². The molecule has 1 heterocycles. The van der Waals surface area contributed by atoms with Crippen LogP contribution in [0.4, 0.5) is 4.39 Å². The van der Waals surface area contributed by atoms with E-state index in [-0.39, 0.29) is 16.9 Å². The average molecular weight is 289 g/mol. The van der Waals surface area contributed by atoms with Gasteiger partial charge in [-0.15, -0.1) is 0 Å². The summed E-state index contributed by atoms with van der Waals surface area (Å²) in [6.45, 7) is 4.71. The number of rotatable bonds is 3. The van der Waals surface area contributed by atoms with Crippen LogP contribution in [0.5, 0.6) is 0 Å². The van der Waals surface area contributed by atoms with Gasteiger partial charge in [0.1, 0.15) is 5.82 Å². The molecule has 0 amide bonds. The molecule has 2 nitrogen and oxygen atoms in total. The molecule has 2 rings (SSSR count). The molecular weight excluding hydrogens is 271 g/mol. The normalized spacial score (nSPS) is 23.0. The van der Waals surface area contributed by atoms with Crippen molar-refractivity contribution >= 4 is 23.4 Å². The SMILES string of the molecule is CC1CN(C(CN)c2ccc(Cl)c(F)c2)CCS1. The largest absolute Gasteiger partial charge is 0.329 e. The first-order chi connectivity index (χ1) is 8.61. The summed E-state index contributed by atoms with van der Waals surface area (Å²) >= 11 is 7.69. The van der Waals surface area contributed by atoms with Gasteiger partial charge in [-0.3, -0.25) is 4.90 Å². The van der Waals surface area contributed by atoms with Gasteiger partial charge in [0, 0.05) is 36.7 Å². The van der Waals surface area contributed by atoms with Crippen molar-refractivity contribution in [1.82, 2.24) is 4.90 Å². The van der Waals surface area contributed by atoms with Crippen molar-refractivity contribution < 1.29 is 4.39 Å². The number of hydrogen-bond acceptors (Lipinski definition) is 3. The van der Waals surface area contributed by atoms with Crippen LogP contribution in [-0.4, -0.2) is 35.5 Å². The Kier molecular flexibility index (Phi) is 4.90. The Balaban J connectivity index is 2.18. The van der Waals surface area contributed by atoms with E-state index in [4.69, 9.17) is 17.3 Å². The van der Waals surface area contributed by atoms with Crippen LogP contribution in [0.1, 0.15) is 18.5 Å². The summed E-state index contributed by atoms with van der Waals surface area (Å²) in [4.78, 5) is 2.34. The van der Waals surface area contributed by atoms with E-state index in [9.17, 15) is 4.39 Å². The topological polar surface area (TPSA) is 29.3 Å². The fraction of sp³-hybridized carbons (Fsp3) is 0.538. The number of halogens is 2. The minimum Gasteiger partial charge on any atom is -0.329 e. The number of thioether (sulfide) groups is 1.